The van der Waals surface area contributed by atoms with Gasteiger partial charge in [0.2, 0.25) is 0 Å². The Morgan fingerprint density at radius 1 is 1.03 bits per heavy atom. The van der Waals surface area contributed by atoms with Crippen molar-refractivity contribution in [2.75, 3.05) is 26.2 Å². The zero-order valence-corrected chi connectivity index (χ0v) is 17.9. The molecule has 32 heavy (non-hydrogen) atoms. The number of H-pyrrole nitrogens is 1. The molecule has 164 valence electrons. The molecule has 9 heteroatoms. The molecule has 1 amide bonds. The second kappa shape index (κ2) is 7.83. The number of nitrogens with zero attached hydrogens (tertiary/aromatic N) is 5. The van der Waals surface area contributed by atoms with E-state index in [0.717, 1.165) is 13.1 Å². The summed E-state index contributed by atoms with van der Waals surface area (Å²) >= 11 is 0. The summed E-state index contributed by atoms with van der Waals surface area (Å²) in [5, 5.41) is 3.87. The van der Waals surface area contributed by atoms with Crippen LogP contribution in [0.4, 0.5) is 4.39 Å². The molecule has 0 bridgehead atoms. The Morgan fingerprint density at radius 3 is 2.50 bits per heavy atom. The van der Waals surface area contributed by atoms with E-state index < -0.39 is 5.82 Å². The average molecular weight is 434 g/mol. The number of hydrogen-bond acceptors (Lipinski definition) is 5. The number of piperazine rings is 1. The zero-order chi connectivity index (χ0) is 22.4. The standard InChI is InChI=1S/C23H23FN6O2/c1-14(2)28-7-9-29(10-8-28)22(31)15-3-6-20(26-12-15)30-23(32)18-13-25-19-5-4-16(24)11-17(19)21(18)27-30/h3-6,11-14,27H,7-10H2,1-2H3. The van der Waals surface area contributed by atoms with Crippen molar-refractivity contribution in [2.24, 2.45) is 0 Å². The number of hydrogen-bond donors (Lipinski definition) is 1. The number of amides is 1. The Hall–Kier alpha value is -3.59. The van der Waals surface area contributed by atoms with Gasteiger partial charge in [0, 0.05) is 50.0 Å². The van der Waals surface area contributed by atoms with Crippen LogP contribution in [0.2, 0.25) is 0 Å². The molecule has 5 rings (SSSR count). The van der Waals surface area contributed by atoms with Crippen molar-refractivity contribution in [3.63, 3.8) is 0 Å². The quantitative estimate of drug-likeness (QED) is 0.536. The van der Waals surface area contributed by atoms with E-state index in [1.807, 2.05) is 4.90 Å². The van der Waals surface area contributed by atoms with E-state index in [1.165, 1.54) is 29.2 Å². The molecule has 0 unspecified atom stereocenters. The summed E-state index contributed by atoms with van der Waals surface area (Å²) < 4.78 is 15.0. The molecule has 4 heterocycles. The predicted molar refractivity (Wildman–Crippen MR) is 120 cm³/mol. The summed E-state index contributed by atoms with van der Waals surface area (Å²) in [6.45, 7) is 7.36. The van der Waals surface area contributed by atoms with E-state index in [4.69, 9.17) is 0 Å². The first-order valence-corrected chi connectivity index (χ1v) is 10.6. The fourth-order valence-electron chi connectivity index (χ4n) is 4.16. The maximum Gasteiger partial charge on any atom is 0.282 e. The van der Waals surface area contributed by atoms with Crippen molar-refractivity contribution in [1.29, 1.82) is 0 Å². The van der Waals surface area contributed by atoms with Gasteiger partial charge in [0.25, 0.3) is 11.5 Å². The van der Waals surface area contributed by atoms with Crippen LogP contribution in [0.5, 0.6) is 0 Å². The molecule has 0 atom stereocenters. The topological polar surface area (TPSA) is 87.1 Å². The summed E-state index contributed by atoms with van der Waals surface area (Å²) in [4.78, 5) is 38.5. The molecular formula is C23H23FN6O2. The molecule has 1 aliphatic heterocycles. The van der Waals surface area contributed by atoms with Crippen LogP contribution < -0.4 is 5.56 Å². The van der Waals surface area contributed by atoms with Crippen molar-refractivity contribution in [3.8, 4) is 5.82 Å². The lowest BCUT2D eigenvalue weighted by Gasteiger charge is -2.36. The van der Waals surface area contributed by atoms with Crippen LogP contribution >= 0.6 is 0 Å². The number of carbonyl (C=O) groups is 1. The molecule has 8 nitrogen and oxygen atoms in total. The van der Waals surface area contributed by atoms with E-state index in [1.54, 1.807) is 18.2 Å². The number of carbonyl (C=O) groups excluding carboxylic acids is 1. The van der Waals surface area contributed by atoms with Crippen LogP contribution in [0.1, 0.15) is 24.2 Å². The van der Waals surface area contributed by atoms with Crippen molar-refractivity contribution in [2.45, 2.75) is 19.9 Å². The third-order valence-corrected chi connectivity index (χ3v) is 6.04. The van der Waals surface area contributed by atoms with Crippen molar-refractivity contribution in [1.82, 2.24) is 29.5 Å². The third kappa shape index (κ3) is 3.44. The van der Waals surface area contributed by atoms with E-state index >= 15 is 0 Å². The molecule has 0 saturated carbocycles. The molecule has 3 aromatic heterocycles. The minimum Gasteiger partial charge on any atom is -0.336 e. The normalized spacial score (nSPS) is 15.2. The van der Waals surface area contributed by atoms with Crippen LogP contribution in [0, 0.1) is 5.82 Å². The highest BCUT2D eigenvalue weighted by molar-refractivity contribution is 6.02. The maximum atomic E-state index is 13.8. The number of fused-ring (bicyclic) bond motifs is 3. The van der Waals surface area contributed by atoms with Gasteiger partial charge in [-0.25, -0.2) is 14.1 Å². The first-order valence-electron chi connectivity index (χ1n) is 10.6. The Balaban J connectivity index is 1.43. The predicted octanol–water partition coefficient (Wildman–Crippen LogP) is 2.57. The Morgan fingerprint density at radius 2 is 1.81 bits per heavy atom. The number of pyridine rings is 2. The highest BCUT2D eigenvalue weighted by Gasteiger charge is 2.23. The summed E-state index contributed by atoms with van der Waals surface area (Å²) in [7, 11) is 0. The lowest BCUT2D eigenvalue weighted by Crippen LogP contribution is -2.50. The Labute approximate surface area is 183 Å². The number of halogens is 1. The van der Waals surface area contributed by atoms with Gasteiger partial charge in [0.05, 0.1) is 22.0 Å². The monoisotopic (exact) mass is 434 g/mol. The fraction of sp³-hybridized carbons (Fsp3) is 0.304. The van der Waals surface area contributed by atoms with Gasteiger partial charge in [0.1, 0.15) is 5.82 Å². The average Bonchev–Trinajstić information content (AvgIpc) is 3.15. The van der Waals surface area contributed by atoms with Gasteiger partial charge < -0.3 is 4.90 Å². The Bertz CT molecular complexity index is 1370. The third-order valence-electron chi connectivity index (χ3n) is 6.04. The molecule has 0 radical (unpaired) electrons. The number of rotatable bonds is 3. The van der Waals surface area contributed by atoms with Gasteiger partial charge in [-0.05, 0) is 44.2 Å². The molecule has 1 fully saturated rings. The van der Waals surface area contributed by atoms with Crippen LogP contribution in [0.25, 0.3) is 27.6 Å². The second-order valence-corrected chi connectivity index (χ2v) is 8.29. The molecule has 1 saturated heterocycles. The van der Waals surface area contributed by atoms with Gasteiger partial charge in [0.15, 0.2) is 5.82 Å². The van der Waals surface area contributed by atoms with Gasteiger partial charge in [-0.1, -0.05) is 0 Å². The van der Waals surface area contributed by atoms with Crippen molar-refractivity contribution in [3.05, 3.63) is 64.5 Å². The van der Waals surface area contributed by atoms with Crippen molar-refractivity contribution < 1.29 is 9.18 Å². The lowest BCUT2D eigenvalue weighted by atomic mass is 10.2. The molecule has 0 spiro atoms. The zero-order valence-electron chi connectivity index (χ0n) is 17.9. The molecule has 1 aliphatic rings. The number of nitrogens with one attached hydrogen (secondary N) is 1. The largest absolute Gasteiger partial charge is 0.336 e. The number of aromatic amines is 1. The second-order valence-electron chi connectivity index (χ2n) is 8.29. The first-order chi connectivity index (χ1) is 15.4. The van der Waals surface area contributed by atoms with E-state index in [9.17, 15) is 14.0 Å². The summed E-state index contributed by atoms with van der Waals surface area (Å²) in [6, 6.07) is 8.01. The van der Waals surface area contributed by atoms with Crippen LogP contribution in [0.15, 0.2) is 47.5 Å². The molecular weight excluding hydrogens is 411 g/mol. The van der Waals surface area contributed by atoms with Gasteiger partial charge in [-0.15, -0.1) is 0 Å². The van der Waals surface area contributed by atoms with Gasteiger partial charge >= 0.3 is 0 Å². The molecule has 4 aromatic rings. The van der Waals surface area contributed by atoms with Gasteiger partial charge in [-0.3, -0.25) is 24.6 Å². The first kappa shape index (κ1) is 20.3. The minimum absolute atomic E-state index is 0.0675. The lowest BCUT2D eigenvalue weighted by molar-refractivity contribution is 0.0595. The van der Waals surface area contributed by atoms with Crippen LogP contribution in [0.3, 0.4) is 0 Å². The highest BCUT2D eigenvalue weighted by Crippen LogP contribution is 2.21. The van der Waals surface area contributed by atoms with Crippen molar-refractivity contribution >= 4 is 27.7 Å². The minimum atomic E-state index is -0.407. The molecule has 1 aromatic carbocycles. The number of aromatic nitrogens is 4. The smallest absolute Gasteiger partial charge is 0.282 e. The summed E-state index contributed by atoms with van der Waals surface area (Å²) in [5.41, 5.74) is 1.21. The summed E-state index contributed by atoms with van der Waals surface area (Å²) in [6.07, 6.45) is 2.96. The van der Waals surface area contributed by atoms with E-state index in [0.29, 0.717) is 52.3 Å². The number of benzene rings is 1. The summed E-state index contributed by atoms with van der Waals surface area (Å²) in [5.74, 6) is -0.130. The maximum absolute atomic E-state index is 13.8. The highest BCUT2D eigenvalue weighted by atomic mass is 19.1. The van der Waals surface area contributed by atoms with Crippen LogP contribution in [-0.4, -0.2) is 67.7 Å². The van der Waals surface area contributed by atoms with Gasteiger partial charge in [-0.2, -0.15) is 0 Å². The molecule has 1 N–H and O–H groups in total. The molecule has 0 aliphatic carbocycles. The Kier molecular flexibility index (Phi) is 4.97. The van der Waals surface area contributed by atoms with Crippen LogP contribution in [-0.2, 0) is 0 Å². The van der Waals surface area contributed by atoms with E-state index in [2.05, 4.69) is 33.8 Å². The SMILES string of the molecule is CC(C)N1CCN(C(=O)c2ccc(-n3[nH]c4c(cnc5ccc(F)cc54)c3=O)nc2)CC1. The van der Waals surface area contributed by atoms with E-state index in [-0.39, 0.29) is 11.5 Å². The fourth-order valence-corrected chi connectivity index (χ4v) is 4.16.